The maximum Gasteiger partial charge on any atom is 0.415 e. The molecule has 0 spiro atoms. The molecule has 9 heteroatoms. The van der Waals surface area contributed by atoms with Crippen molar-refractivity contribution >= 4 is 6.09 Å². The molecule has 7 nitrogen and oxygen atoms in total. The molecule has 0 aliphatic carbocycles. The van der Waals surface area contributed by atoms with Crippen molar-refractivity contribution in [1.82, 2.24) is 20.1 Å². The fraction of sp³-hybridized carbons (Fsp3) is 0.263. The molecule has 1 saturated heterocycles. The summed E-state index contributed by atoms with van der Waals surface area (Å²) in [4.78, 5) is 17.7. The standard InChI is InChI=1S/C19H16F2N4O3/c20-13-3-4-15(16(21)10-13)18-24-23-17(28-18)12-5-8-25(9-6-12)19(26)27-14-2-1-7-22-11-14/h1-4,7,10-12H,5-6,8-9H2. The zero-order valence-electron chi connectivity index (χ0n) is 14.7. The van der Waals surface area contributed by atoms with E-state index in [9.17, 15) is 13.6 Å². The van der Waals surface area contributed by atoms with E-state index in [1.165, 1.54) is 12.3 Å². The molecule has 0 bridgehead atoms. The Labute approximate surface area is 159 Å². The normalized spacial score (nSPS) is 14.9. The van der Waals surface area contributed by atoms with Crippen molar-refractivity contribution in [2.24, 2.45) is 0 Å². The van der Waals surface area contributed by atoms with Gasteiger partial charge >= 0.3 is 6.09 Å². The number of carbonyl (C=O) groups is 1. The van der Waals surface area contributed by atoms with E-state index in [4.69, 9.17) is 9.15 Å². The van der Waals surface area contributed by atoms with Crippen molar-refractivity contribution in [3.8, 4) is 17.2 Å². The summed E-state index contributed by atoms with van der Waals surface area (Å²) < 4.78 is 37.8. The summed E-state index contributed by atoms with van der Waals surface area (Å²) in [6.45, 7) is 0.929. The molecule has 4 rings (SSSR count). The van der Waals surface area contributed by atoms with Gasteiger partial charge in [0, 0.05) is 31.3 Å². The van der Waals surface area contributed by atoms with Gasteiger partial charge in [0.1, 0.15) is 11.6 Å². The second-order valence-corrected chi connectivity index (χ2v) is 6.39. The largest absolute Gasteiger partial charge is 0.420 e. The third-order valence-corrected chi connectivity index (χ3v) is 4.54. The first-order valence-corrected chi connectivity index (χ1v) is 8.76. The lowest BCUT2D eigenvalue weighted by Crippen LogP contribution is -2.39. The smallest absolute Gasteiger partial charge is 0.415 e. The van der Waals surface area contributed by atoms with Gasteiger partial charge in [0.2, 0.25) is 5.89 Å². The van der Waals surface area contributed by atoms with Crippen LogP contribution in [0.4, 0.5) is 13.6 Å². The number of halogens is 2. The van der Waals surface area contributed by atoms with Crippen molar-refractivity contribution in [3.05, 3.63) is 60.3 Å². The number of hydrogen-bond donors (Lipinski definition) is 0. The Morgan fingerprint density at radius 1 is 1.18 bits per heavy atom. The van der Waals surface area contributed by atoms with Crippen molar-refractivity contribution in [2.75, 3.05) is 13.1 Å². The fourth-order valence-electron chi connectivity index (χ4n) is 3.05. The number of aromatic nitrogens is 3. The summed E-state index contributed by atoms with van der Waals surface area (Å²) in [5.74, 6) is -0.718. The van der Waals surface area contributed by atoms with Gasteiger partial charge in [-0.2, -0.15) is 0 Å². The molecular weight excluding hydrogens is 370 g/mol. The highest BCUT2D eigenvalue weighted by Gasteiger charge is 2.28. The Morgan fingerprint density at radius 3 is 2.71 bits per heavy atom. The quantitative estimate of drug-likeness (QED) is 0.681. The first-order chi connectivity index (χ1) is 13.6. The Morgan fingerprint density at radius 2 is 2.00 bits per heavy atom. The summed E-state index contributed by atoms with van der Waals surface area (Å²) in [6.07, 6.45) is 3.84. The number of rotatable bonds is 3. The number of benzene rings is 1. The first-order valence-electron chi connectivity index (χ1n) is 8.76. The van der Waals surface area contributed by atoms with Crippen molar-refractivity contribution in [2.45, 2.75) is 18.8 Å². The number of pyridine rings is 1. The summed E-state index contributed by atoms with van der Waals surface area (Å²) in [5.41, 5.74) is 0.0534. The van der Waals surface area contributed by atoms with Crippen LogP contribution in [-0.2, 0) is 0 Å². The Balaban J connectivity index is 1.38. The molecule has 0 saturated carbocycles. The predicted molar refractivity (Wildman–Crippen MR) is 93.5 cm³/mol. The fourth-order valence-corrected chi connectivity index (χ4v) is 3.05. The van der Waals surface area contributed by atoms with Crippen LogP contribution >= 0.6 is 0 Å². The van der Waals surface area contributed by atoms with E-state index in [1.54, 1.807) is 23.2 Å². The van der Waals surface area contributed by atoms with Gasteiger partial charge in [-0.25, -0.2) is 13.6 Å². The van der Waals surface area contributed by atoms with E-state index in [-0.39, 0.29) is 17.4 Å². The Bertz CT molecular complexity index is 972. The van der Waals surface area contributed by atoms with Crippen LogP contribution in [0.15, 0.2) is 47.1 Å². The molecule has 1 aliphatic heterocycles. The summed E-state index contributed by atoms with van der Waals surface area (Å²) in [6, 6.07) is 6.51. The highest BCUT2D eigenvalue weighted by molar-refractivity contribution is 5.70. The van der Waals surface area contributed by atoms with E-state index in [2.05, 4.69) is 15.2 Å². The third-order valence-electron chi connectivity index (χ3n) is 4.54. The third kappa shape index (κ3) is 3.83. The van der Waals surface area contributed by atoms with Gasteiger partial charge in [-0.3, -0.25) is 4.98 Å². The molecule has 144 valence electrons. The van der Waals surface area contributed by atoms with Gasteiger partial charge in [0.05, 0.1) is 11.8 Å². The van der Waals surface area contributed by atoms with E-state index in [0.717, 1.165) is 12.1 Å². The average molecular weight is 386 g/mol. The number of likely N-dealkylation sites (tertiary alicyclic amines) is 1. The molecule has 1 fully saturated rings. The van der Waals surface area contributed by atoms with Crippen molar-refractivity contribution in [3.63, 3.8) is 0 Å². The number of amides is 1. The molecular formula is C19H16F2N4O3. The summed E-state index contributed by atoms with van der Waals surface area (Å²) in [7, 11) is 0. The molecule has 1 aromatic carbocycles. The molecule has 2 aromatic heterocycles. The summed E-state index contributed by atoms with van der Waals surface area (Å²) >= 11 is 0. The van der Waals surface area contributed by atoms with Crippen LogP contribution in [0.2, 0.25) is 0 Å². The van der Waals surface area contributed by atoms with Gasteiger partial charge in [-0.1, -0.05) is 0 Å². The van der Waals surface area contributed by atoms with Crippen molar-refractivity contribution < 1.29 is 22.7 Å². The lowest BCUT2D eigenvalue weighted by Gasteiger charge is -2.29. The monoisotopic (exact) mass is 386 g/mol. The molecule has 28 heavy (non-hydrogen) atoms. The molecule has 0 N–H and O–H groups in total. The zero-order valence-corrected chi connectivity index (χ0v) is 14.7. The van der Waals surface area contributed by atoms with Gasteiger partial charge in [-0.05, 0) is 37.1 Å². The molecule has 3 heterocycles. The maximum atomic E-state index is 13.9. The van der Waals surface area contributed by atoms with Gasteiger partial charge in [0.25, 0.3) is 5.89 Å². The van der Waals surface area contributed by atoms with Crippen molar-refractivity contribution in [1.29, 1.82) is 0 Å². The van der Waals surface area contributed by atoms with E-state index in [1.807, 2.05) is 0 Å². The highest BCUT2D eigenvalue weighted by Crippen LogP contribution is 2.30. The lowest BCUT2D eigenvalue weighted by molar-refractivity contribution is 0.136. The van der Waals surface area contributed by atoms with E-state index < -0.39 is 17.7 Å². The van der Waals surface area contributed by atoms with Gasteiger partial charge in [0.15, 0.2) is 5.75 Å². The van der Waals surface area contributed by atoms with Crippen LogP contribution in [-0.4, -0.2) is 39.3 Å². The minimum atomic E-state index is -0.761. The Hall–Kier alpha value is -3.36. The lowest BCUT2D eigenvalue weighted by atomic mass is 9.97. The number of carbonyl (C=O) groups excluding carboxylic acids is 1. The SMILES string of the molecule is O=C(Oc1cccnc1)N1CCC(c2nnc(-c3ccc(F)cc3F)o2)CC1. The zero-order chi connectivity index (χ0) is 19.5. The molecule has 0 radical (unpaired) electrons. The predicted octanol–water partition coefficient (Wildman–Crippen LogP) is 3.79. The van der Waals surface area contributed by atoms with Crippen LogP contribution in [0.5, 0.6) is 5.75 Å². The number of piperidine rings is 1. The molecule has 3 aromatic rings. The first kappa shape index (κ1) is 18.0. The van der Waals surface area contributed by atoms with Gasteiger partial charge < -0.3 is 14.1 Å². The van der Waals surface area contributed by atoms with Crippen LogP contribution < -0.4 is 4.74 Å². The van der Waals surface area contributed by atoms with Crippen LogP contribution in [0.25, 0.3) is 11.5 Å². The maximum absolute atomic E-state index is 13.9. The van der Waals surface area contributed by atoms with E-state index in [0.29, 0.717) is 37.6 Å². The topological polar surface area (TPSA) is 81.4 Å². The number of nitrogens with zero attached hydrogens (tertiary/aromatic N) is 4. The average Bonchev–Trinajstić information content (AvgIpc) is 3.19. The van der Waals surface area contributed by atoms with Crippen LogP contribution in [0.3, 0.4) is 0 Å². The van der Waals surface area contributed by atoms with E-state index >= 15 is 0 Å². The van der Waals surface area contributed by atoms with Crippen LogP contribution in [0.1, 0.15) is 24.7 Å². The Kier molecular flexibility index (Phi) is 4.96. The number of ether oxygens (including phenoxy) is 1. The molecule has 0 unspecified atom stereocenters. The minimum absolute atomic E-state index is 0.00548. The molecule has 0 atom stereocenters. The second kappa shape index (κ2) is 7.71. The number of hydrogen-bond acceptors (Lipinski definition) is 6. The van der Waals surface area contributed by atoms with Crippen LogP contribution in [0, 0.1) is 11.6 Å². The molecule has 1 aliphatic rings. The highest BCUT2D eigenvalue weighted by atomic mass is 19.1. The minimum Gasteiger partial charge on any atom is -0.420 e. The molecule has 1 amide bonds. The van der Waals surface area contributed by atoms with Gasteiger partial charge in [-0.15, -0.1) is 10.2 Å². The second-order valence-electron chi connectivity index (χ2n) is 6.39. The summed E-state index contributed by atoms with van der Waals surface area (Å²) in [5, 5.41) is 7.87.